The van der Waals surface area contributed by atoms with Gasteiger partial charge in [-0.15, -0.1) is 0 Å². The number of nitrogens with zero attached hydrogens (tertiary/aromatic N) is 3. The van der Waals surface area contributed by atoms with E-state index >= 15 is 4.39 Å². The minimum atomic E-state index is -0.656. The Balaban J connectivity index is 1.36. The van der Waals surface area contributed by atoms with Crippen LogP contribution < -0.4 is 19.8 Å². The molecule has 4 N–H and O–H groups in total. The van der Waals surface area contributed by atoms with Gasteiger partial charge in [0.25, 0.3) is 5.56 Å². The van der Waals surface area contributed by atoms with E-state index in [-0.39, 0.29) is 34.3 Å². The molecule has 6 rings (SSSR count). The Morgan fingerprint density at radius 2 is 1.63 bits per heavy atom. The van der Waals surface area contributed by atoms with Crippen LogP contribution in [0.2, 0.25) is 0 Å². The molecule has 0 spiro atoms. The van der Waals surface area contributed by atoms with Crippen molar-refractivity contribution < 1.29 is 24.1 Å². The first-order valence-corrected chi connectivity index (χ1v) is 16.0. The maximum Gasteiger partial charge on any atom is 0.274 e. The van der Waals surface area contributed by atoms with E-state index in [9.17, 15) is 15.0 Å². The van der Waals surface area contributed by atoms with Gasteiger partial charge in [0.1, 0.15) is 22.8 Å². The number of piperazine rings is 1. The number of phenols is 2. The molecule has 1 aliphatic heterocycles. The molecule has 0 saturated carbocycles. The summed E-state index contributed by atoms with van der Waals surface area (Å²) in [4.78, 5) is 21.3. The van der Waals surface area contributed by atoms with Crippen LogP contribution in [0.25, 0.3) is 22.0 Å². The average molecular weight is 646 g/mol. The second-order valence-corrected chi connectivity index (χ2v) is 12.4. The lowest BCUT2D eigenvalue weighted by Gasteiger charge is -2.31. The monoisotopic (exact) mass is 645 g/mol. The van der Waals surface area contributed by atoms with Gasteiger partial charge in [0.05, 0.1) is 0 Å². The van der Waals surface area contributed by atoms with Crippen LogP contribution in [0.15, 0.2) is 71.7 Å². The van der Waals surface area contributed by atoms with Crippen molar-refractivity contribution in [1.82, 2.24) is 19.4 Å². The van der Waals surface area contributed by atoms with Gasteiger partial charge in [0.2, 0.25) is 0 Å². The highest BCUT2D eigenvalue weighted by Gasteiger charge is 2.20. The standard InChI is InChI=1S/C34H36FN5O5S/c1-4-46-37-21-5-9-31(45-32-10-7-23(17-28(32)35)44-24-6-8-29(41)30(42)18-24)25(15-21)27-20-39(3)34(43)33-26(27)16-22(36-33)19-40-13-11-38(2)12-14-40/h5-10,15-18,20,36-37,41-42H,4,11-14,19H2,1-3H3. The number of likely N-dealkylation sites (N-methyl/N-ethyl adjacent to an activating group) is 1. The fourth-order valence-electron chi connectivity index (χ4n) is 5.43. The fraction of sp³-hybridized carbons (Fsp3) is 0.265. The summed E-state index contributed by atoms with van der Waals surface area (Å²) < 4.78 is 32.2. The second-order valence-electron chi connectivity index (χ2n) is 11.3. The molecular weight excluding hydrogens is 609 g/mol. The molecule has 0 aliphatic carbocycles. The number of H-pyrrole nitrogens is 1. The van der Waals surface area contributed by atoms with Crippen molar-refractivity contribution in [2.24, 2.45) is 7.05 Å². The van der Waals surface area contributed by atoms with Gasteiger partial charge in [-0.3, -0.25) is 9.69 Å². The van der Waals surface area contributed by atoms with Crippen molar-refractivity contribution in [2.75, 3.05) is 43.7 Å². The molecule has 2 aromatic heterocycles. The maximum atomic E-state index is 15.4. The van der Waals surface area contributed by atoms with E-state index in [2.05, 4.69) is 33.5 Å². The zero-order valence-electron chi connectivity index (χ0n) is 25.8. The van der Waals surface area contributed by atoms with Crippen LogP contribution in [0.4, 0.5) is 10.1 Å². The maximum absolute atomic E-state index is 15.4. The van der Waals surface area contributed by atoms with Crippen LogP contribution >= 0.6 is 11.9 Å². The highest BCUT2D eigenvalue weighted by atomic mass is 32.2. The second kappa shape index (κ2) is 13.4. The normalized spacial score (nSPS) is 14.1. The molecule has 1 aliphatic rings. The number of anilines is 1. The molecule has 46 heavy (non-hydrogen) atoms. The number of phenolic OH excluding ortho intramolecular Hbond substituents is 2. The van der Waals surface area contributed by atoms with Gasteiger partial charge in [-0.05, 0) is 55.6 Å². The summed E-state index contributed by atoms with van der Waals surface area (Å²) in [6, 6.07) is 15.8. The molecule has 3 aromatic carbocycles. The smallest absolute Gasteiger partial charge is 0.274 e. The number of hydrogen-bond donors (Lipinski definition) is 4. The number of pyridine rings is 1. The van der Waals surface area contributed by atoms with Gasteiger partial charge in [-0.2, -0.15) is 0 Å². The average Bonchev–Trinajstić information content (AvgIpc) is 3.46. The largest absolute Gasteiger partial charge is 0.504 e. The summed E-state index contributed by atoms with van der Waals surface area (Å²) in [5, 5.41) is 20.1. The van der Waals surface area contributed by atoms with E-state index in [0.29, 0.717) is 23.4 Å². The molecule has 1 saturated heterocycles. The third kappa shape index (κ3) is 6.79. The highest BCUT2D eigenvalue weighted by molar-refractivity contribution is 8.00. The van der Waals surface area contributed by atoms with Crippen LogP contribution in [-0.4, -0.2) is 68.5 Å². The molecule has 240 valence electrons. The van der Waals surface area contributed by atoms with Crippen molar-refractivity contribution in [1.29, 1.82) is 0 Å². The third-order valence-corrected chi connectivity index (χ3v) is 8.59. The first kappa shape index (κ1) is 31.3. The number of rotatable bonds is 10. The third-order valence-electron chi connectivity index (χ3n) is 7.92. The van der Waals surface area contributed by atoms with Crippen LogP contribution in [-0.2, 0) is 13.6 Å². The summed E-state index contributed by atoms with van der Waals surface area (Å²) in [7, 11) is 3.84. The lowest BCUT2D eigenvalue weighted by atomic mass is 10.0. The molecule has 3 heterocycles. The molecule has 0 bridgehead atoms. The Hall–Kier alpha value is -4.65. The van der Waals surface area contributed by atoms with Crippen molar-refractivity contribution in [3.8, 4) is 45.6 Å². The Bertz CT molecular complexity index is 1940. The van der Waals surface area contributed by atoms with Gasteiger partial charge in [0, 0.05) is 91.7 Å². The van der Waals surface area contributed by atoms with Gasteiger partial charge in [-0.25, -0.2) is 4.39 Å². The summed E-state index contributed by atoms with van der Waals surface area (Å²) >= 11 is 1.55. The van der Waals surface area contributed by atoms with E-state index in [1.54, 1.807) is 41.9 Å². The SMILES string of the molecule is CCSNc1ccc(Oc2ccc(Oc3ccc(O)c(O)c3)cc2F)c(-c2cn(C)c(=O)c3[nH]c(CN4CCN(C)CC4)cc23)c1. The predicted molar refractivity (Wildman–Crippen MR) is 180 cm³/mol. The Labute approximate surface area is 270 Å². The molecule has 0 unspecified atom stereocenters. The van der Waals surface area contributed by atoms with Crippen molar-refractivity contribution in [2.45, 2.75) is 13.5 Å². The molecule has 0 radical (unpaired) electrons. The Morgan fingerprint density at radius 3 is 2.37 bits per heavy atom. The zero-order chi connectivity index (χ0) is 32.4. The number of aromatic nitrogens is 2. The molecule has 10 nitrogen and oxygen atoms in total. The number of halogens is 1. The minimum absolute atomic E-state index is 0.0170. The van der Waals surface area contributed by atoms with Crippen LogP contribution in [0.5, 0.6) is 34.5 Å². The van der Waals surface area contributed by atoms with E-state index < -0.39 is 5.82 Å². The molecule has 5 aromatic rings. The van der Waals surface area contributed by atoms with Crippen molar-refractivity contribution in [3.63, 3.8) is 0 Å². The van der Waals surface area contributed by atoms with Crippen molar-refractivity contribution in [3.05, 3.63) is 88.7 Å². The number of ether oxygens (including phenoxy) is 2. The predicted octanol–water partition coefficient (Wildman–Crippen LogP) is 6.50. The van der Waals surface area contributed by atoms with Gasteiger partial charge in [-0.1, -0.05) is 18.9 Å². The van der Waals surface area contributed by atoms with Crippen LogP contribution in [0.1, 0.15) is 12.6 Å². The number of benzene rings is 3. The number of fused-ring (bicyclic) bond motifs is 1. The lowest BCUT2D eigenvalue weighted by molar-refractivity contribution is 0.147. The number of aryl methyl sites for hydroxylation is 1. The van der Waals surface area contributed by atoms with E-state index in [1.165, 1.54) is 30.3 Å². The molecule has 12 heteroatoms. The fourth-order valence-corrected chi connectivity index (χ4v) is 5.87. The van der Waals surface area contributed by atoms with Crippen LogP contribution in [0.3, 0.4) is 0 Å². The first-order valence-electron chi connectivity index (χ1n) is 15.0. The molecule has 0 amide bonds. The number of hydrogen-bond acceptors (Lipinski definition) is 9. The topological polar surface area (TPSA) is 115 Å². The van der Waals surface area contributed by atoms with Gasteiger partial charge >= 0.3 is 0 Å². The lowest BCUT2D eigenvalue weighted by Crippen LogP contribution is -2.43. The number of aromatic hydroxyl groups is 2. The molecule has 1 fully saturated rings. The summed E-state index contributed by atoms with van der Waals surface area (Å²) in [5.41, 5.74) is 3.61. The van der Waals surface area contributed by atoms with E-state index in [0.717, 1.165) is 54.3 Å². The number of aromatic amines is 1. The molecular formula is C34H36FN5O5S. The summed E-state index contributed by atoms with van der Waals surface area (Å²) in [6.45, 7) is 6.64. The van der Waals surface area contributed by atoms with Gasteiger partial charge in [0.15, 0.2) is 23.1 Å². The van der Waals surface area contributed by atoms with E-state index in [4.69, 9.17) is 9.47 Å². The zero-order valence-corrected chi connectivity index (χ0v) is 26.7. The Kier molecular flexibility index (Phi) is 9.11. The Morgan fingerprint density at radius 1 is 0.891 bits per heavy atom. The van der Waals surface area contributed by atoms with E-state index in [1.807, 2.05) is 18.2 Å². The number of nitrogens with one attached hydrogen (secondary N) is 2. The first-order chi connectivity index (χ1) is 22.2. The minimum Gasteiger partial charge on any atom is -0.504 e. The quantitative estimate of drug-likeness (QED) is 0.0999. The van der Waals surface area contributed by atoms with Crippen LogP contribution in [0, 0.1) is 5.82 Å². The summed E-state index contributed by atoms with van der Waals surface area (Å²) in [6.07, 6.45) is 1.79. The summed E-state index contributed by atoms with van der Waals surface area (Å²) in [5.74, 6) is 0.381. The van der Waals surface area contributed by atoms with Gasteiger partial charge < -0.3 is 38.9 Å². The molecule has 0 atom stereocenters. The highest BCUT2D eigenvalue weighted by Crippen LogP contribution is 2.40. The van der Waals surface area contributed by atoms with Crippen molar-refractivity contribution >= 4 is 28.5 Å².